The lowest BCUT2D eigenvalue weighted by Crippen LogP contribution is -1.91. The van der Waals surface area contributed by atoms with Crippen molar-refractivity contribution in [1.82, 2.24) is 0 Å². The van der Waals surface area contributed by atoms with Crippen LogP contribution < -0.4 is 0 Å². The van der Waals surface area contributed by atoms with E-state index in [1.54, 1.807) is 6.07 Å². The highest BCUT2D eigenvalue weighted by Gasteiger charge is 2.15. The van der Waals surface area contributed by atoms with Gasteiger partial charge in [0.2, 0.25) is 0 Å². The molecule has 0 aliphatic rings. The summed E-state index contributed by atoms with van der Waals surface area (Å²) in [6, 6.07) is 12.1. The molecule has 0 fully saturated rings. The number of rotatable bonds is 2. The standard InChI is InChI=1S/C13H10ClNO2/c1-9-2-4-10(5-3-9)12-8-11(14)6-7-13(12)15(16)17/h2-8H,1H3. The molecule has 0 amide bonds. The maximum absolute atomic E-state index is 10.9. The zero-order chi connectivity index (χ0) is 12.4. The molecule has 0 atom stereocenters. The molecule has 4 heteroatoms. The largest absolute Gasteiger partial charge is 0.277 e. The van der Waals surface area contributed by atoms with Gasteiger partial charge in [-0.15, -0.1) is 0 Å². The number of hydrogen-bond acceptors (Lipinski definition) is 2. The molecular formula is C13H10ClNO2. The lowest BCUT2D eigenvalue weighted by atomic mass is 10.0. The summed E-state index contributed by atoms with van der Waals surface area (Å²) in [5.74, 6) is 0. The highest BCUT2D eigenvalue weighted by atomic mass is 35.5. The summed E-state index contributed by atoms with van der Waals surface area (Å²) in [6.07, 6.45) is 0. The van der Waals surface area contributed by atoms with Gasteiger partial charge in [0, 0.05) is 11.1 Å². The van der Waals surface area contributed by atoms with Gasteiger partial charge in [-0.3, -0.25) is 10.1 Å². The minimum Gasteiger partial charge on any atom is -0.258 e. The van der Waals surface area contributed by atoms with Gasteiger partial charge in [-0.2, -0.15) is 0 Å². The summed E-state index contributed by atoms with van der Waals surface area (Å²) in [4.78, 5) is 10.5. The summed E-state index contributed by atoms with van der Waals surface area (Å²) < 4.78 is 0. The van der Waals surface area contributed by atoms with Crippen molar-refractivity contribution in [2.24, 2.45) is 0 Å². The van der Waals surface area contributed by atoms with Crippen molar-refractivity contribution in [3.63, 3.8) is 0 Å². The van der Waals surface area contributed by atoms with Crippen LogP contribution in [0.4, 0.5) is 5.69 Å². The number of aryl methyl sites for hydroxylation is 1. The summed E-state index contributed by atoms with van der Waals surface area (Å²) in [5, 5.41) is 11.4. The molecule has 0 unspecified atom stereocenters. The summed E-state index contributed by atoms with van der Waals surface area (Å²) in [5.41, 5.74) is 2.52. The molecule has 0 heterocycles. The molecule has 2 aromatic carbocycles. The Morgan fingerprint density at radius 2 is 1.76 bits per heavy atom. The van der Waals surface area contributed by atoms with Gasteiger partial charge in [0.05, 0.1) is 10.5 Å². The summed E-state index contributed by atoms with van der Waals surface area (Å²) >= 11 is 5.88. The fourth-order valence-electron chi connectivity index (χ4n) is 1.63. The fraction of sp³-hybridized carbons (Fsp3) is 0.0769. The Bertz CT molecular complexity index is 564. The predicted octanol–water partition coefficient (Wildman–Crippen LogP) is 4.22. The van der Waals surface area contributed by atoms with Crippen LogP contribution >= 0.6 is 11.6 Å². The zero-order valence-electron chi connectivity index (χ0n) is 9.18. The molecule has 0 saturated heterocycles. The second-order valence-electron chi connectivity index (χ2n) is 3.78. The molecule has 2 rings (SSSR count). The lowest BCUT2D eigenvalue weighted by molar-refractivity contribution is -0.384. The van der Waals surface area contributed by atoms with Gasteiger partial charge in [0.15, 0.2) is 0 Å². The predicted molar refractivity (Wildman–Crippen MR) is 68.3 cm³/mol. The van der Waals surface area contributed by atoms with Crippen molar-refractivity contribution >= 4 is 17.3 Å². The molecule has 0 aromatic heterocycles. The summed E-state index contributed by atoms with van der Waals surface area (Å²) in [7, 11) is 0. The minimum atomic E-state index is -0.397. The Balaban J connectivity index is 2.60. The fourth-order valence-corrected chi connectivity index (χ4v) is 1.80. The third-order valence-corrected chi connectivity index (χ3v) is 2.75. The zero-order valence-corrected chi connectivity index (χ0v) is 9.94. The average molecular weight is 248 g/mol. The second kappa shape index (κ2) is 4.55. The first-order chi connectivity index (χ1) is 8.08. The van der Waals surface area contributed by atoms with E-state index in [2.05, 4.69) is 0 Å². The van der Waals surface area contributed by atoms with Gasteiger partial charge in [-0.05, 0) is 24.6 Å². The Morgan fingerprint density at radius 3 is 2.35 bits per heavy atom. The van der Waals surface area contributed by atoms with Gasteiger partial charge in [0.1, 0.15) is 0 Å². The Morgan fingerprint density at radius 1 is 1.12 bits per heavy atom. The molecule has 0 aliphatic heterocycles. The first-order valence-electron chi connectivity index (χ1n) is 5.09. The molecule has 3 nitrogen and oxygen atoms in total. The van der Waals surface area contributed by atoms with Crippen molar-refractivity contribution in [2.45, 2.75) is 6.92 Å². The van der Waals surface area contributed by atoms with E-state index >= 15 is 0 Å². The number of benzene rings is 2. The van der Waals surface area contributed by atoms with E-state index in [4.69, 9.17) is 11.6 Å². The van der Waals surface area contributed by atoms with Crippen LogP contribution in [0.3, 0.4) is 0 Å². The summed E-state index contributed by atoms with van der Waals surface area (Å²) in [6.45, 7) is 1.97. The number of nitrogens with zero attached hydrogens (tertiary/aromatic N) is 1. The van der Waals surface area contributed by atoms with Crippen molar-refractivity contribution in [2.75, 3.05) is 0 Å². The first-order valence-corrected chi connectivity index (χ1v) is 5.47. The molecule has 17 heavy (non-hydrogen) atoms. The smallest absolute Gasteiger partial charge is 0.258 e. The molecule has 0 aliphatic carbocycles. The van der Waals surface area contributed by atoms with E-state index in [1.807, 2.05) is 31.2 Å². The third-order valence-electron chi connectivity index (χ3n) is 2.52. The van der Waals surface area contributed by atoms with E-state index in [0.717, 1.165) is 11.1 Å². The van der Waals surface area contributed by atoms with Gasteiger partial charge in [-0.1, -0.05) is 41.4 Å². The number of nitro benzene ring substituents is 1. The molecule has 0 saturated carbocycles. The number of nitro groups is 1. The van der Waals surface area contributed by atoms with E-state index < -0.39 is 4.92 Å². The molecule has 0 spiro atoms. The van der Waals surface area contributed by atoms with Crippen LogP contribution in [-0.4, -0.2) is 4.92 Å². The average Bonchev–Trinajstić information content (AvgIpc) is 2.29. The van der Waals surface area contributed by atoms with Crippen molar-refractivity contribution < 1.29 is 4.92 Å². The van der Waals surface area contributed by atoms with E-state index in [-0.39, 0.29) is 5.69 Å². The quantitative estimate of drug-likeness (QED) is 0.589. The minimum absolute atomic E-state index is 0.0678. The maximum Gasteiger partial charge on any atom is 0.277 e. The second-order valence-corrected chi connectivity index (χ2v) is 4.22. The topological polar surface area (TPSA) is 43.1 Å². The van der Waals surface area contributed by atoms with Crippen LogP contribution in [0.1, 0.15) is 5.56 Å². The van der Waals surface area contributed by atoms with Crippen molar-refractivity contribution in [3.8, 4) is 11.1 Å². The molecule has 0 bridgehead atoms. The third kappa shape index (κ3) is 2.45. The Kier molecular flexibility index (Phi) is 3.11. The number of halogens is 1. The van der Waals surface area contributed by atoms with Crippen LogP contribution in [0, 0.1) is 17.0 Å². The molecule has 0 N–H and O–H groups in total. The van der Waals surface area contributed by atoms with Gasteiger partial charge in [0.25, 0.3) is 5.69 Å². The van der Waals surface area contributed by atoms with Crippen LogP contribution in [0.25, 0.3) is 11.1 Å². The van der Waals surface area contributed by atoms with Gasteiger partial charge in [-0.25, -0.2) is 0 Å². The van der Waals surface area contributed by atoms with Crippen LogP contribution in [-0.2, 0) is 0 Å². The normalized spacial score (nSPS) is 10.2. The maximum atomic E-state index is 10.9. The van der Waals surface area contributed by atoms with Crippen molar-refractivity contribution in [3.05, 3.63) is 63.2 Å². The highest BCUT2D eigenvalue weighted by Crippen LogP contribution is 2.32. The Hall–Kier alpha value is -1.87. The van der Waals surface area contributed by atoms with Gasteiger partial charge >= 0.3 is 0 Å². The highest BCUT2D eigenvalue weighted by molar-refractivity contribution is 6.31. The lowest BCUT2D eigenvalue weighted by Gasteiger charge is -2.04. The van der Waals surface area contributed by atoms with E-state index in [0.29, 0.717) is 10.6 Å². The van der Waals surface area contributed by atoms with Crippen molar-refractivity contribution in [1.29, 1.82) is 0 Å². The molecular weight excluding hydrogens is 238 g/mol. The molecule has 0 radical (unpaired) electrons. The van der Waals surface area contributed by atoms with E-state index in [1.165, 1.54) is 12.1 Å². The monoisotopic (exact) mass is 247 g/mol. The van der Waals surface area contributed by atoms with Crippen LogP contribution in [0.5, 0.6) is 0 Å². The van der Waals surface area contributed by atoms with E-state index in [9.17, 15) is 10.1 Å². The Labute approximate surface area is 104 Å². The van der Waals surface area contributed by atoms with Gasteiger partial charge < -0.3 is 0 Å². The number of hydrogen-bond donors (Lipinski definition) is 0. The van der Waals surface area contributed by atoms with Crippen LogP contribution in [0.15, 0.2) is 42.5 Å². The first kappa shape index (κ1) is 11.6. The van der Waals surface area contributed by atoms with Crippen LogP contribution in [0.2, 0.25) is 5.02 Å². The molecule has 86 valence electrons. The SMILES string of the molecule is Cc1ccc(-c2cc(Cl)ccc2[N+](=O)[O-])cc1. The molecule has 2 aromatic rings.